The summed E-state index contributed by atoms with van der Waals surface area (Å²) in [4.78, 5) is 26.2. The first kappa shape index (κ1) is 23.4. The quantitative estimate of drug-likeness (QED) is 0.603. The highest BCUT2D eigenvalue weighted by atomic mass is 19.4. The average Bonchev–Trinajstić information content (AvgIpc) is 2.78. The summed E-state index contributed by atoms with van der Waals surface area (Å²) < 4.78 is 41.4. The van der Waals surface area contributed by atoms with Crippen molar-refractivity contribution < 1.29 is 27.5 Å². The molecular weight excluding hydrogens is 423 g/mol. The highest BCUT2D eigenvalue weighted by molar-refractivity contribution is 5.77. The third kappa shape index (κ3) is 7.47. The summed E-state index contributed by atoms with van der Waals surface area (Å²) >= 11 is 0. The van der Waals surface area contributed by atoms with Gasteiger partial charge in [-0.1, -0.05) is 36.4 Å². The Morgan fingerprint density at radius 1 is 1.03 bits per heavy atom. The van der Waals surface area contributed by atoms with Gasteiger partial charge in [-0.05, 0) is 41.7 Å². The number of carbonyl (C=O) groups excluding carboxylic acids is 2. The molecule has 0 unspecified atom stereocenters. The van der Waals surface area contributed by atoms with Gasteiger partial charge < -0.3 is 20.3 Å². The molecule has 6 nitrogen and oxygen atoms in total. The van der Waals surface area contributed by atoms with Gasteiger partial charge in [0, 0.05) is 32.6 Å². The molecule has 0 bridgehead atoms. The molecule has 9 heteroatoms. The van der Waals surface area contributed by atoms with E-state index in [-0.39, 0.29) is 18.2 Å². The van der Waals surface area contributed by atoms with Crippen LogP contribution in [0.3, 0.4) is 0 Å². The molecule has 32 heavy (non-hydrogen) atoms. The van der Waals surface area contributed by atoms with Crippen LogP contribution in [0.5, 0.6) is 5.75 Å². The summed E-state index contributed by atoms with van der Waals surface area (Å²) in [5, 5.41) is 5.32. The normalized spacial score (nSPS) is 13.3. The number of hydrogen-bond acceptors (Lipinski definition) is 3. The van der Waals surface area contributed by atoms with Crippen LogP contribution < -0.4 is 15.4 Å². The van der Waals surface area contributed by atoms with E-state index in [0.717, 1.165) is 6.42 Å². The molecule has 0 aliphatic carbocycles. The topological polar surface area (TPSA) is 70.7 Å². The Bertz CT molecular complexity index is 934. The van der Waals surface area contributed by atoms with Crippen LogP contribution in [0, 0.1) is 0 Å². The molecule has 0 radical (unpaired) electrons. The molecule has 0 fully saturated rings. The van der Waals surface area contributed by atoms with E-state index in [1.807, 2.05) is 23.1 Å². The van der Waals surface area contributed by atoms with Crippen LogP contribution in [0.4, 0.5) is 18.0 Å². The Hall–Kier alpha value is -3.23. The number of nitrogens with one attached hydrogen (secondary N) is 2. The molecule has 2 aromatic rings. The van der Waals surface area contributed by atoms with Crippen molar-refractivity contribution >= 4 is 11.9 Å². The maximum atomic E-state index is 12.4. The van der Waals surface area contributed by atoms with E-state index in [2.05, 4.69) is 16.7 Å². The van der Waals surface area contributed by atoms with E-state index in [4.69, 9.17) is 4.74 Å². The third-order valence-corrected chi connectivity index (χ3v) is 5.09. The van der Waals surface area contributed by atoms with Gasteiger partial charge in [0.2, 0.25) is 5.91 Å². The molecule has 2 N–H and O–H groups in total. The first-order chi connectivity index (χ1) is 15.3. The van der Waals surface area contributed by atoms with Crippen molar-refractivity contribution in [1.82, 2.24) is 15.5 Å². The second kappa shape index (κ2) is 10.9. The highest BCUT2D eigenvalue weighted by Gasteiger charge is 2.28. The van der Waals surface area contributed by atoms with Gasteiger partial charge in [0.25, 0.3) is 0 Å². The number of urea groups is 1. The van der Waals surface area contributed by atoms with Crippen LogP contribution in [-0.2, 0) is 24.3 Å². The SMILES string of the molecule is O=C(NCCCC(=O)N1CCc2ccccc2C1)NCc1cccc(OCC(F)(F)F)c1. The fraction of sp³-hybridized carbons (Fsp3) is 0.391. The lowest BCUT2D eigenvalue weighted by Crippen LogP contribution is -2.37. The highest BCUT2D eigenvalue weighted by Crippen LogP contribution is 2.20. The molecule has 1 aliphatic rings. The standard InChI is InChI=1S/C23H26F3N3O3/c24-23(25,26)16-32-20-8-3-5-17(13-20)14-28-22(31)27-11-4-9-21(30)29-12-10-18-6-1-2-7-19(18)15-29/h1-3,5-8,13H,4,9-12,14-16H2,(H2,27,28,31). The molecule has 0 atom stereocenters. The van der Waals surface area contributed by atoms with Crippen molar-refractivity contribution in [3.8, 4) is 5.75 Å². The fourth-order valence-electron chi connectivity index (χ4n) is 3.46. The molecule has 0 saturated heterocycles. The summed E-state index contributed by atoms with van der Waals surface area (Å²) in [5.74, 6) is 0.151. The summed E-state index contributed by atoms with van der Waals surface area (Å²) in [5.41, 5.74) is 3.07. The van der Waals surface area contributed by atoms with Gasteiger partial charge in [-0.3, -0.25) is 4.79 Å². The van der Waals surface area contributed by atoms with E-state index in [1.165, 1.54) is 23.3 Å². The van der Waals surface area contributed by atoms with Crippen molar-refractivity contribution in [2.24, 2.45) is 0 Å². The van der Waals surface area contributed by atoms with Gasteiger partial charge in [0.15, 0.2) is 6.61 Å². The van der Waals surface area contributed by atoms with E-state index in [0.29, 0.717) is 38.0 Å². The first-order valence-corrected chi connectivity index (χ1v) is 10.4. The van der Waals surface area contributed by atoms with Gasteiger partial charge >= 0.3 is 12.2 Å². The number of benzene rings is 2. The maximum absolute atomic E-state index is 12.4. The van der Waals surface area contributed by atoms with Gasteiger partial charge in [-0.15, -0.1) is 0 Å². The summed E-state index contributed by atoms with van der Waals surface area (Å²) in [6.45, 7) is 0.440. The first-order valence-electron chi connectivity index (χ1n) is 10.4. The minimum Gasteiger partial charge on any atom is -0.484 e. The number of hydrogen-bond donors (Lipinski definition) is 2. The number of amides is 3. The summed E-state index contributed by atoms with van der Waals surface area (Å²) in [7, 11) is 0. The second-order valence-corrected chi connectivity index (χ2v) is 7.60. The van der Waals surface area contributed by atoms with Crippen molar-refractivity contribution in [3.63, 3.8) is 0 Å². The van der Waals surface area contributed by atoms with Crippen LogP contribution in [0.2, 0.25) is 0 Å². The van der Waals surface area contributed by atoms with Crippen molar-refractivity contribution in [2.75, 3.05) is 19.7 Å². The zero-order valence-electron chi connectivity index (χ0n) is 17.6. The molecule has 172 valence electrons. The molecule has 2 aromatic carbocycles. The van der Waals surface area contributed by atoms with E-state index in [1.54, 1.807) is 12.1 Å². The van der Waals surface area contributed by atoms with Crippen LogP contribution in [0.15, 0.2) is 48.5 Å². The van der Waals surface area contributed by atoms with Crippen LogP contribution in [0.1, 0.15) is 29.5 Å². The van der Waals surface area contributed by atoms with Gasteiger partial charge in [-0.25, -0.2) is 4.79 Å². The minimum absolute atomic E-state index is 0.0670. The number of ether oxygens (including phenoxy) is 1. The van der Waals surface area contributed by atoms with Crippen LogP contribution >= 0.6 is 0 Å². The number of fused-ring (bicyclic) bond motifs is 1. The zero-order valence-corrected chi connectivity index (χ0v) is 17.6. The molecule has 0 aromatic heterocycles. The van der Waals surface area contributed by atoms with Crippen molar-refractivity contribution in [3.05, 3.63) is 65.2 Å². The molecule has 0 saturated carbocycles. The second-order valence-electron chi connectivity index (χ2n) is 7.60. The Morgan fingerprint density at radius 2 is 1.81 bits per heavy atom. The molecule has 1 aliphatic heterocycles. The Kier molecular flexibility index (Phi) is 7.97. The molecule has 1 heterocycles. The van der Waals surface area contributed by atoms with E-state index >= 15 is 0 Å². The predicted octanol–water partition coefficient (Wildman–Crippen LogP) is 3.79. The Balaban J connectivity index is 1.32. The number of halogens is 3. The monoisotopic (exact) mass is 449 g/mol. The van der Waals surface area contributed by atoms with Crippen LogP contribution in [-0.4, -0.2) is 42.7 Å². The third-order valence-electron chi connectivity index (χ3n) is 5.09. The lowest BCUT2D eigenvalue weighted by atomic mass is 9.99. The van der Waals surface area contributed by atoms with Gasteiger partial charge in [0.1, 0.15) is 5.75 Å². The van der Waals surface area contributed by atoms with Crippen molar-refractivity contribution in [1.29, 1.82) is 0 Å². The molecular formula is C23H26F3N3O3. The number of alkyl halides is 3. The molecule has 0 spiro atoms. The van der Waals surface area contributed by atoms with Crippen molar-refractivity contribution in [2.45, 2.75) is 38.5 Å². The Morgan fingerprint density at radius 3 is 2.59 bits per heavy atom. The lowest BCUT2D eigenvalue weighted by molar-refractivity contribution is -0.153. The zero-order chi connectivity index (χ0) is 23.0. The summed E-state index contributed by atoms with van der Waals surface area (Å²) in [6, 6.07) is 13.8. The number of nitrogens with zero attached hydrogens (tertiary/aromatic N) is 1. The number of rotatable bonds is 8. The average molecular weight is 449 g/mol. The molecule has 3 rings (SSSR count). The minimum atomic E-state index is -4.41. The Labute approximate surface area is 184 Å². The predicted molar refractivity (Wildman–Crippen MR) is 113 cm³/mol. The maximum Gasteiger partial charge on any atom is 0.422 e. The van der Waals surface area contributed by atoms with Crippen LogP contribution in [0.25, 0.3) is 0 Å². The molecule has 3 amide bonds. The number of carbonyl (C=O) groups is 2. The van der Waals surface area contributed by atoms with E-state index in [9.17, 15) is 22.8 Å². The van der Waals surface area contributed by atoms with E-state index < -0.39 is 18.8 Å². The largest absolute Gasteiger partial charge is 0.484 e. The van der Waals surface area contributed by atoms with Gasteiger partial charge in [-0.2, -0.15) is 13.2 Å². The smallest absolute Gasteiger partial charge is 0.422 e. The lowest BCUT2D eigenvalue weighted by Gasteiger charge is -2.29. The van der Waals surface area contributed by atoms with Gasteiger partial charge in [0.05, 0.1) is 0 Å². The summed E-state index contributed by atoms with van der Waals surface area (Å²) in [6.07, 6.45) is -2.69. The fourth-order valence-corrected chi connectivity index (χ4v) is 3.46.